The Balaban J connectivity index is 2.16. The second kappa shape index (κ2) is 4.98. The van der Waals surface area contributed by atoms with Gasteiger partial charge < -0.3 is 14.5 Å². The number of nitrogens with zero attached hydrogens (tertiary/aromatic N) is 4. The number of carboxylic acids is 1. The van der Waals surface area contributed by atoms with Crippen LogP contribution in [0.5, 0.6) is 0 Å². The van der Waals surface area contributed by atoms with Crippen molar-refractivity contribution in [2.24, 2.45) is 0 Å². The molecule has 0 aromatic carbocycles. The van der Waals surface area contributed by atoms with Gasteiger partial charge in [-0.05, 0) is 26.2 Å². The fraction of sp³-hybridized carbons (Fsp3) is 0.571. The Kier molecular flexibility index (Phi) is 3.27. The van der Waals surface area contributed by atoms with Gasteiger partial charge in [-0.1, -0.05) is 18.5 Å². The first-order chi connectivity index (χ1) is 10.1. The summed E-state index contributed by atoms with van der Waals surface area (Å²) in [7, 11) is 0. The van der Waals surface area contributed by atoms with Gasteiger partial charge in [0.05, 0.1) is 5.69 Å². The van der Waals surface area contributed by atoms with E-state index in [9.17, 15) is 9.90 Å². The van der Waals surface area contributed by atoms with Crippen LogP contribution in [-0.2, 0) is 4.79 Å². The average molecular weight is 290 g/mol. The standard InChI is InChI=1S/C14H18N4O3/c1-3-5-14(13(19)20)6-4-7-18(14)11-10-9(2)17-21-12(10)16-8-15-11/h8H,3-7H2,1-2H3,(H,19,20). The van der Waals surface area contributed by atoms with Crippen molar-refractivity contribution in [3.8, 4) is 0 Å². The summed E-state index contributed by atoms with van der Waals surface area (Å²) < 4.78 is 5.16. The number of hydrogen-bond acceptors (Lipinski definition) is 6. The predicted octanol–water partition coefficient (Wildman–Crippen LogP) is 2.15. The summed E-state index contributed by atoms with van der Waals surface area (Å²) in [6.45, 7) is 4.49. The first kappa shape index (κ1) is 13.8. The molecule has 0 amide bonds. The first-order valence-electron chi connectivity index (χ1n) is 7.18. The highest BCUT2D eigenvalue weighted by Gasteiger charge is 2.48. The Bertz CT molecular complexity index is 684. The molecular formula is C14H18N4O3. The molecule has 0 aliphatic carbocycles. The van der Waals surface area contributed by atoms with Crippen LogP contribution in [0.1, 0.15) is 38.3 Å². The van der Waals surface area contributed by atoms with Gasteiger partial charge in [0.1, 0.15) is 23.1 Å². The van der Waals surface area contributed by atoms with Crippen molar-refractivity contribution < 1.29 is 14.4 Å². The molecule has 7 heteroatoms. The van der Waals surface area contributed by atoms with Gasteiger partial charge in [-0.25, -0.2) is 9.78 Å². The van der Waals surface area contributed by atoms with Crippen LogP contribution in [0.15, 0.2) is 10.9 Å². The van der Waals surface area contributed by atoms with E-state index < -0.39 is 11.5 Å². The van der Waals surface area contributed by atoms with Gasteiger partial charge in [0, 0.05) is 6.54 Å². The van der Waals surface area contributed by atoms with E-state index in [-0.39, 0.29) is 0 Å². The number of fused-ring (bicyclic) bond motifs is 1. The van der Waals surface area contributed by atoms with E-state index in [0.29, 0.717) is 42.0 Å². The predicted molar refractivity (Wildman–Crippen MR) is 76.2 cm³/mol. The Hall–Kier alpha value is -2.18. The topological polar surface area (TPSA) is 92.3 Å². The third-order valence-electron chi connectivity index (χ3n) is 4.23. The van der Waals surface area contributed by atoms with Crippen LogP contribution in [0.25, 0.3) is 11.1 Å². The van der Waals surface area contributed by atoms with Gasteiger partial charge in [0.15, 0.2) is 0 Å². The van der Waals surface area contributed by atoms with E-state index in [0.717, 1.165) is 12.8 Å². The molecule has 2 aromatic heterocycles. The first-order valence-corrected chi connectivity index (χ1v) is 7.18. The Morgan fingerprint density at radius 3 is 3.05 bits per heavy atom. The Morgan fingerprint density at radius 2 is 2.33 bits per heavy atom. The van der Waals surface area contributed by atoms with Gasteiger partial charge in [-0.2, -0.15) is 4.98 Å². The van der Waals surface area contributed by atoms with Crippen LogP contribution in [-0.4, -0.2) is 38.3 Å². The van der Waals surface area contributed by atoms with Crippen LogP contribution in [0.3, 0.4) is 0 Å². The number of aliphatic carboxylic acids is 1. The van der Waals surface area contributed by atoms with E-state index in [1.807, 2.05) is 18.7 Å². The zero-order chi connectivity index (χ0) is 15.0. The van der Waals surface area contributed by atoms with E-state index >= 15 is 0 Å². The summed E-state index contributed by atoms with van der Waals surface area (Å²) in [5.74, 6) is -0.171. The van der Waals surface area contributed by atoms with Crippen molar-refractivity contribution in [1.29, 1.82) is 0 Å². The average Bonchev–Trinajstić information content (AvgIpc) is 3.05. The monoisotopic (exact) mass is 290 g/mol. The summed E-state index contributed by atoms with van der Waals surface area (Å²) in [4.78, 5) is 22.2. The largest absolute Gasteiger partial charge is 0.479 e. The van der Waals surface area contributed by atoms with Crippen molar-refractivity contribution >= 4 is 22.9 Å². The summed E-state index contributed by atoms with van der Waals surface area (Å²) in [5, 5.41) is 14.4. The molecule has 21 heavy (non-hydrogen) atoms. The van der Waals surface area contributed by atoms with Crippen LogP contribution in [0, 0.1) is 6.92 Å². The molecule has 3 rings (SSSR count). The lowest BCUT2D eigenvalue weighted by Gasteiger charge is -2.35. The summed E-state index contributed by atoms with van der Waals surface area (Å²) in [5.41, 5.74) is 0.197. The maximum absolute atomic E-state index is 11.9. The molecule has 3 heterocycles. The second-order valence-electron chi connectivity index (χ2n) is 5.49. The molecule has 1 atom stereocenters. The number of aryl methyl sites for hydroxylation is 1. The Morgan fingerprint density at radius 1 is 1.52 bits per heavy atom. The van der Waals surface area contributed by atoms with E-state index in [1.54, 1.807) is 0 Å². The quantitative estimate of drug-likeness (QED) is 0.922. The van der Waals surface area contributed by atoms with Gasteiger partial charge in [-0.3, -0.25) is 0 Å². The van der Waals surface area contributed by atoms with Crippen molar-refractivity contribution in [2.75, 3.05) is 11.4 Å². The zero-order valence-corrected chi connectivity index (χ0v) is 12.2. The molecule has 112 valence electrons. The summed E-state index contributed by atoms with van der Waals surface area (Å²) in [6, 6.07) is 0. The molecule has 1 aliphatic heterocycles. The minimum atomic E-state index is -0.889. The van der Waals surface area contributed by atoms with Crippen LogP contribution < -0.4 is 4.90 Å². The van der Waals surface area contributed by atoms with E-state index in [1.165, 1.54) is 6.33 Å². The third-order valence-corrected chi connectivity index (χ3v) is 4.23. The van der Waals surface area contributed by atoms with Crippen LogP contribution >= 0.6 is 0 Å². The highest BCUT2D eigenvalue weighted by atomic mass is 16.5. The number of anilines is 1. The minimum Gasteiger partial charge on any atom is -0.479 e. The van der Waals surface area contributed by atoms with Gasteiger partial charge in [0.25, 0.3) is 5.71 Å². The Labute approximate surface area is 122 Å². The smallest absolute Gasteiger partial charge is 0.329 e. The highest BCUT2D eigenvalue weighted by Crippen LogP contribution is 2.40. The molecule has 0 saturated carbocycles. The SMILES string of the molecule is CCCC1(C(=O)O)CCCN1c1ncnc2onc(C)c12. The molecule has 1 unspecified atom stereocenters. The number of aromatic nitrogens is 3. The fourth-order valence-corrected chi connectivity index (χ4v) is 3.30. The van der Waals surface area contributed by atoms with Gasteiger partial charge in [-0.15, -0.1) is 0 Å². The number of carbonyl (C=O) groups is 1. The molecule has 1 saturated heterocycles. The van der Waals surface area contributed by atoms with Gasteiger partial charge >= 0.3 is 5.97 Å². The minimum absolute atomic E-state index is 0.403. The summed E-state index contributed by atoms with van der Waals surface area (Å²) >= 11 is 0. The van der Waals surface area contributed by atoms with Gasteiger partial charge in [0.2, 0.25) is 0 Å². The third kappa shape index (κ3) is 1.95. The number of rotatable bonds is 4. The van der Waals surface area contributed by atoms with Crippen molar-refractivity contribution in [3.05, 3.63) is 12.0 Å². The molecular weight excluding hydrogens is 272 g/mol. The van der Waals surface area contributed by atoms with E-state index in [4.69, 9.17) is 4.52 Å². The lowest BCUT2D eigenvalue weighted by Crippen LogP contribution is -2.51. The van der Waals surface area contributed by atoms with Crippen LogP contribution in [0.2, 0.25) is 0 Å². The lowest BCUT2D eigenvalue weighted by atomic mass is 9.90. The maximum Gasteiger partial charge on any atom is 0.329 e. The number of carboxylic acid groups (broad SMARTS) is 1. The zero-order valence-electron chi connectivity index (χ0n) is 12.2. The second-order valence-corrected chi connectivity index (χ2v) is 5.49. The number of hydrogen-bond donors (Lipinski definition) is 1. The van der Waals surface area contributed by atoms with Crippen molar-refractivity contribution in [1.82, 2.24) is 15.1 Å². The summed E-state index contributed by atoms with van der Waals surface area (Å²) in [6.07, 6.45) is 4.27. The molecule has 0 spiro atoms. The molecule has 1 N–H and O–H groups in total. The van der Waals surface area contributed by atoms with Crippen molar-refractivity contribution in [3.63, 3.8) is 0 Å². The molecule has 0 radical (unpaired) electrons. The molecule has 1 aliphatic rings. The normalized spacial score (nSPS) is 22.1. The fourth-order valence-electron chi connectivity index (χ4n) is 3.30. The molecule has 0 bridgehead atoms. The van der Waals surface area contributed by atoms with Crippen LogP contribution in [0.4, 0.5) is 5.82 Å². The molecule has 2 aromatic rings. The highest BCUT2D eigenvalue weighted by molar-refractivity contribution is 5.92. The van der Waals surface area contributed by atoms with E-state index in [2.05, 4.69) is 15.1 Å². The molecule has 7 nitrogen and oxygen atoms in total. The molecule has 1 fully saturated rings. The lowest BCUT2D eigenvalue weighted by molar-refractivity contribution is -0.143. The van der Waals surface area contributed by atoms with Crippen molar-refractivity contribution in [2.45, 2.75) is 45.1 Å². The maximum atomic E-state index is 11.9.